The zero-order valence-electron chi connectivity index (χ0n) is 30.1. The van der Waals surface area contributed by atoms with Gasteiger partial charge in [0.05, 0.1) is 13.2 Å². The van der Waals surface area contributed by atoms with Crippen LogP contribution in [0.25, 0.3) is 6.08 Å². The molecule has 2 bridgehead atoms. The fourth-order valence-corrected chi connectivity index (χ4v) is 8.20. The van der Waals surface area contributed by atoms with Gasteiger partial charge in [-0.3, -0.25) is 14.4 Å². The zero-order chi connectivity index (χ0) is 36.4. The lowest BCUT2D eigenvalue weighted by Crippen LogP contribution is -2.69. The van der Waals surface area contributed by atoms with Gasteiger partial charge in [0.25, 0.3) is 0 Å². The molecule has 13 nitrogen and oxygen atoms in total. The summed E-state index contributed by atoms with van der Waals surface area (Å²) in [6.45, 7) is 8.04. The summed E-state index contributed by atoms with van der Waals surface area (Å²) in [5, 5.41) is 13.9. The van der Waals surface area contributed by atoms with Crippen LogP contribution in [0.1, 0.15) is 96.6 Å². The van der Waals surface area contributed by atoms with Gasteiger partial charge in [-0.2, -0.15) is 5.06 Å². The molecule has 2 N–H and O–H groups in total. The minimum Gasteiger partial charge on any atom is -0.462 e. The molecule has 1 aromatic carbocycles. The van der Waals surface area contributed by atoms with Gasteiger partial charge in [-0.1, -0.05) is 77.6 Å². The number of fused-ring (bicyclic) bond motifs is 4. The normalized spacial score (nSPS) is 31.7. The van der Waals surface area contributed by atoms with E-state index in [2.05, 4.69) is 19.2 Å². The molecule has 0 spiro atoms. The molecule has 6 rings (SSSR count). The summed E-state index contributed by atoms with van der Waals surface area (Å²) in [4.78, 5) is 59.1. The standard InChI is InChI=1S/C38H52N2O11/c1-5-7-9-17-37(18-10-8-6-2)49-28-26-21-38(35(45)39-19-20-41)30(33(43)47-26)40(51-31(38)29(28)50-37)22-25-13-11-24(12-14-25)15-16-27(42)48-32-34(44)46-23-36(32,3)4/h11-16,26,28-32,41H,5-10,17-23H2,1-4H3,(H,39,45). The molecule has 4 aliphatic heterocycles. The number of ether oxygens (including phenoxy) is 5. The number of unbranched alkanes of at least 4 members (excludes halogenated alkanes) is 4. The maximum Gasteiger partial charge on any atom is 0.348 e. The van der Waals surface area contributed by atoms with E-state index in [1.807, 2.05) is 12.1 Å². The van der Waals surface area contributed by atoms with E-state index >= 15 is 0 Å². The summed E-state index contributed by atoms with van der Waals surface area (Å²) < 4.78 is 30.1. The van der Waals surface area contributed by atoms with E-state index in [0.717, 1.165) is 44.1 Å². The van der Waals surface area contributed by atoms with Crippen LogP contribution in [-0.2, 0) is 54.2 Å². The van der Waals surface area contributed by atoms with E-state index in [9.17, 15) is 24.3 Å². The van der Waals surface area contributed by atoms with Gasteiger partial charge >= 0.3 is 17.9 Å². The molecule has 4 saturated heterocycles. The van der Waals surface area contributed by atoms with Crippen molar-refractivity contribution in [3.63, 3.8) is 0 Å². The Morgan fingerprint density at radius 1 is 1.00 bits per heavy atom. The number of hydroxylamine groups is 2. The Labute approximate surface area is 299 Å². The largest absolute Gasteiger partial charge is 0.462 e. The average molecular weight is 713 g/mol. The number of aliphatic hydroxyl groups excluding tert-OH is 1. The molecule has 1 amide bonds. The van der Waals surface area contributed by atoms with Crippen LogP contribution in [0, 0.1) is 10.8 Å². The highest BCUT2D eigenvalue weighted by Crippen LogP contribution is 2.58. The van der Waals surface area contributed by atoms with Gasteiger partial charge < -0.3 is 34.1 Å². The van der Waals surface area contributed by atoms with Crippen LogP contribution < -0.4 is 5.32 Å². The van der Waals surface area contributed by atoms with Gasteiger partial charge in [0.1, 0.15) is 36.4 Å². The number of cyclic esters (lactones) is 1. The fraction of sp³-hybridized carbons (Fsp3) is 0.684. The van der Waals surface area contributed by atoms with Crippen molar-refractivity contribution in [1.82, 2.24) is 10.4 Å². The Balaban J connectivity index is 1.21. The smallest absolute Gasteiger partial charge is 0.348 e. The van der Waals surface area contributed by atoms with Crippen LogP contribution in [0.2, 0.25) is 0 Å². The summed E-state index contributed by atoms with van der Waals surface area (Å²) in [6, 6.07) is 6.25. The SMILES string of the molecule is CCCCCC1(CCCCC)OC2C3CC4(C(=O)NCCO)C(ON(Cc5ccc(C=CC(=O)OC6C(=O)OCC6(C)C)cc5)C4C(=O)O3)C2O1. The molecule has 13 heteroatoms. The molecule has 0 aromatic heterocycles. The van der Waals surface area contributed by atoms with Gasteiger partial charge in [-0.25, -0.2) is 9.59 Å². The Morgan fingerprint density at radius 2 is 1.69 bits per heavy atom. The highest BCUT2D eigenvalue weighted by Gasteiger charge is 2.76. The van der Waals surface area contributed by atoms with Crippen LogP contribution in [0.15, 0.2) is 30.3 Å². The van der Waals surface area contributed by atoms with Gasteiger partial charge in [0.2, 0.25) is 12.0 Å². The third-order valence-corrected chi connectivity index (χ3v) is 10.9. The number of carbonyl (C=O) groups excluding carboxylic acids is 4. The highest BCUT2D eigenvalue weighted by atomic mass is 16.8. The number of esters is 3. The molecule has 51 heavy (non-hydrogen) atoms. The maximum atomic E-state index is 14.1. The van der Waals surface area contributed by atoms with Gasteiger partial charge in [0, 0.05) is 37.3 Å². The van der Waals surface area contributed by atoms with Gasteiger partial charge in [0.15, 0.2) is 11.8 Å². The molecule has 7 atom stereocenters. The summed E-state index contributed by atoms with van der Waals surface area (Å²) in [5.74, 6) is -3.00. The second-order valence-corrected chi connectivity index (χ2v) is 15.2. The first-order valence-electron chi connectivity index (χ1n) is 18.5. The fourth-order valence-electron chi connectivity index (χ4n) is 8.20. The van der Waals surface area contributed by atoms with E-state index in [1.165, 1.54) is 11.1 Å². The summed E-state index contributed by atoms with van der Waals surface area (Å²) in [7, 11) is 0. The van der Waals surface area contributed by atoms with Crippen molar-refractivity contribution < 1.29 is 52.8 Å². The summed E-state index contributed by atoms with van der Waals surface area (Å²) >= 11 is 0. The predicted molar refractivity (Wildman–Crippen MR) is 182 cm³/mol. The first-order chi connectivity index (χ1) is 24.5. The second kappa shape index (κ2) is 15.3. The van der Waals surface area contributed by atoms with Crippen molar-refractivity contribution in [2.24, 2.45) is 10.8 Å². The molecule has 5 aliphatic rings. The van der Waals surface area contributed by atoms with E-state index in [4.69, 9.17) is 28.5 Å². The molecule has 1 aliphatic carbocycles. The number of hydrogen-bond donors (Lipinski definition) is 2. The Hall–Kier alpha value is -3.36. The lowest BCUT2D eigenvalue weighted by molar-refractivity contribution is -0.224. The van der Waals surface area contributed by atoms with Crippen LogP contribution in [0.3, 0.4) is 0 Å². The second-order valence-electron chi connectivity index (χ2n) is 15.2. The van der Waals surface area contributed by atoms with Gasteiger partial charge in [-0.15, -0.1) is 0 Å². The third-order valence-electron chi connectivity index (χ3n) is 10.9. The number of benzene rings is 1. The molecule has 0 radical (unpaired) electrons. The minimum absolute atomic E-state index is 0.0359. The number of nitrogens with zero attached hydrogens (tertiary/aromatic N) is 1. The number of aliphatic hydroxyl groups is 1. The van der Waals surface area contributed by atoms with E-state index in [0.29, 0.717) is 18.4 Å². The predicted octanol–water partition coefficient (Wildman–Crippen LogP) is 3.74. The molecular weight excluding hydrogens is 660 g/mol. The average Bonchev–Trinajstić information content (AvgIpc) is 3.74. The van der Waals surface area contributed by atoms with Crippen molar-refractivity contribution in [2.75, 3.05) is 19.8 Å². The van der Waals surface area contributed by atoms with Crippen LogP contribution in [0.5, 0.6) is 0 Å². The van der Waals surface area contributed by atoms with Crippen LogP contribution in [0.4, 0.5) is 0 Å². The molecule has 1 saturated carbocycles. The number of rotatable bonds is 16. The Kier molecular flexibility index (Phi) is 11.2. The van der Waals surface area contributed by atoms with Crippen molar-refractivity contribution >= 4 is 29.9 Å². The molecular formula is C38H52N2O11. The van der Waals surface area contributed by atoms with Crippen LogP contribution in [-0.4, -0.2) is 96.1 Å². The number of nitrogens with one attached hydrogen (secondary N) is 1. The quantitative estimate of drug-likeness (QED) is 0.111. The first-order valence-corrected chi connectivity index (χ1v) is 18.5. The number of hydrogen-bond acceptors (Lipinski definition) is 12. The Bertz CT molecular complexity index is 1470. The topological polar surface area (TPSA) is 159 Å². The molecule has 4 heterocycles. The number of carbonyl (C=O) groups is 4. The lowest BCUT2D eigenvalue weighted by Gasteiger charge is -2.48. The highest BCUT2D eigenvalue weighted by molar-refractivity contribution is 5.93. The number of amides is 1. The summed E-state index contributed by atoms with van der Waals surface area (Å²) in [6.07, 6.45) is 6.80. The monoisotopic (exact) mass is 712 g/mol. The third kappa shape index (κ3) is 7.33. The van der Waals surface area contributed by atoms with Crippen molar-refractivity contribution in [2.45, 2.75) is 134 Å². The first kappa shape index (κ1) is 37.4. The van der Waals surface area contributed by atoms with Crippen molar-refractivity contribution in [3.8, 4) is 0 Å². The van der Waals surface area contributed by atoms with Crippen molar-refractivity contribution in [1.29, 1.82) is 0 Å². The van der Waals surface area contributed by atoms with E-state index < -0.39 is 71.1 Å². The van der Waals surface area contributed by atoms with Crippen molar-refractivity contribution in [3.05, 3.63) is 41.5 Å². The lowest BCUT2D eigenvalue weighted by atomic mass is 9.62. The minimum atomic E-state index is -1.31. The summed E-state index contributed by atoms with van der Waals surface area (Å²) in [5.41, 5.74) is -0.419. The molecule has 7 unspecified atom stereocenters. The van der Waals surface area contributed by atoms with Crippen LogP contribution >= 0.6 is 0 Å². The maximum absolute atomic E-state index is 14.1. The molecule has 280 valence electrons. The zero-order valence-corrected chi connectivity index (χ0v) is 30.1. The van der Waals surface area contributed by atoms with Gasteiger partial charge in [-0.05, 0) is 30.0 Å². The van der Waals surface area contributed by atoms with E-state index in [-0.39, 0.29) is 38.6 Å². The van der Waals surface area contributed by atoms with E-state index in [1.54, 1.807) is 32.1 Å². The molecule has 5 fully saturated rings. The Morgan fingerprint density at radius 3 is 2.31 bits per heavy atom. The molecule has 1 aromatic rings.